The zero-order valence-corrected chi connectivity index (χ0v) is 30.6. The molecule has 0 spiro atoms. The quantitative estimate of drug-likeness (QED) is 0.131. The Balaban J connectivity index is 1.19. The molecule has 0 heterocycles. The van der Waals surface area contributed by atoms with Crippen LogP contribution in [0.4, 0.5) is 17.1 Å². The van der Waals surface area contributed by atoms with Gasteiger partial charge in [-0.15, -0.1) is 0 Å². The van der Waals surface area contributed by atoms with Gasteiger partial charge < -0.3 is 4.90 Å². The summed E-state index contributed by atoms with van der Waals surface area (Å²) in [5.41, 5.74) is 18.2. The van der Waals surface area contributed by atoms with Gasteiger partial charge in [0.15, 0.2) is 0 Å². The van der Waals surface area contributed by atoms with Crippen molar-refractivity contribution < 1.29 is 0 Å². The number of nitrogens with zero attached hydrogens (tertiary/aromatic N) is 1. The highest BCUT2D eigenvalue weighted by Crippen LogP contribution is 2.36. The lowest BCUT2D eigenvalue weighted by Gasteiger charge is -2.25. The van der Waals surface area contributed by atoms with E-state index in [9.17, 15) is 0 Å². The third-order valence-electron chi connectivity index (χ3n) is 9.66. The van der Waals surface area contributed by atoms with E-state index in [4.69, 9.17) is 0 Å². The molecule has 1 nitrogen and oxygen atoms in total. The molecule has 0 atom stereocenters. The minimum atomic E-state index is 0.841. The minimum absolute atomic E-state index is 0.841. The van der Waals surface area contributed by atoms with Crippen LogP contribution in [0.15, 0.2) is 182 Å². The van der Waals surface area contributed by atoms with Crippen molar-refractivity contribution in [1.29, 1.82) is 0 Å². The van der Waals surface area contributed by atoms with Gasteiger partial charge >= 0.3 is 0 Å². The maximum atomic E-state index is 2.37. The summed E-state index contributed by atoms with van der Waals surface area (Å²) in [4.78, 5) is 2.33. The van der Waals surface area contributed by atoms with E-state index in [0.717, 1.165) is 29.0 Å². The fraction of sp³-hybridized carbons (Fsp3) is 0.0980. The Hall–Kier alpha value is -6.18. The topological polar surface area (TPSA) is 3.24 Å². The predicted molar refractivity (Wildman–Crippen MR) is 224 cm³/mol. The molecule has 0 aliphatic heterocycles. The molecular weight excluding hydrogens is 627 g/mol. The zero-order valence-electron chi connectivity index (χ0n) is 30.6. The van der Waals surface area contributed by atoms with Crippen molar-refractivity contribution in [3.05, 3.63) is 238 Å². The summed E-state index contributed by atoms with van der Waals surface area (Å²) in [6.45, 7) is 8.55. The molecule has 0 bridgehead atoms. The first-order valence-electron chi connectivity index (χ1n) is 18.1. The Morgan fingerprint density at radius 3 is 1.17 bits per heavy atom. The number of hydrogen-bond donors (Lipinski definition) is 0. The van der Waals surface area contributed by atoms with Crippen molar-refractivity contribution in [2.75, 3.05) is 4.90 Å². The van der Waals surface area contributed by atoms with Crippen LogP contribution < -0.4 is 4.90 Å². The molecule has 7 rings (SSSR count). The van der Waals surface area contributed by atoms with E-state index < -0.39 is 0 Å². The molecule has 7 aromatic carbocycles. The van der Waals surface area contributed by atoms with Gasteiger partial charge in [0.05, 0.1) is 0 Å². The molecule has 0 saturated heterocycles. The van der Waals surface area contributed by atoms with Crippen LogP contribution in [0.25, 0.3) is 17.2 Å². The van der Waals surface area contributed by atoms with E-state index in [1.807, 2.05) is 0 Å². The summed E-state index contributed by atoms with van der Waals surface area (Å²) in [7, 11) is 0. The van der Waals surface area contributed by atoms with E-state index in [1.54, 1.807) is 0 Å². The fourth-order valence-corrected chi connectivity index (χ4v) is 6.58. The van der Waals surface area contributed by atoms with E-state index >= 15 is 0 Å². The summed E-state index contributed by atoms with van der Waals surface area (Å²) >= 11 is 0. The van der Waals surface area contributed by atoms with Crippen LogP contribution >= 0.6 is 0 Å². The summed E-state index contributed by atoms with van der Waals surface area (Å²) < 4.78 is 0. The Morgan fingerprint density at radius 2 is 0.750 bits per heavy atom. The standard InChI is InChI=1S/C51H45N/c1-37-10-23-43(24-11-37)50(44-25-12-38(2)13-26-44)35-22-41-18-31-48(32-19-41)52(47-8-6-5-7-9-47)49-33-20-42(21-34-49)36-51(45-27-14-39(3)15-28-45)46-29-16-40(4)17-30-46/h5-21,23-36H,22H2,1-4H3. The first kappa shape index (κ1) is 34.3. The second-order valence-corrected chi connectivity index (χ2v) is 13.8. The smallest absolute Gasteiger partial charge is 0.0462 e. The van der Waals surface area contributed by atoms with Gasteiger partial charge in [-0.2, -0.15) is 0 Å². The van der Waals surface area contributed by atoms with Crippen LogP contribution in [0.5, 0.6) is 0 Å². The number of allylic oxidation sites excluding steroid dienone is 1. The average molecular weight is 672 g/mol. The number of para-hydroxylation sites is 1. The maximum Gasteiger partial charge on any atom is 0.0462 e. The van der Waals surface area contributed by atoms with Gasteiger partial charge in [0.25, 0.3) is 0 Å². The van der Waals surface area contributed by atoms with Gasteiger partial charge in [0, 0.05) is 17.1 Å². The third kappa shape index (κ3) is 8.23. The van der Waals surface area contributed by atoms with Crippen molar-refractivity contribution >= 4 is 34.3 Å². The summed E-state index contributed by atoms with van der Waals surface area (Å²) in [6, 6.07) is 63.9. The van der Waals surface area contributed by atoms with Crippen molar-refractivity contribution in [1.82, 2.24) is 0 Å². The highest BCUT2D eigenvalue weighted by Gasteiger charge is 2.13. The molecule has 0 aromatic heterocycles. The van der Waals surface area contributed by atoms with Gasteiger partial charge in [-0.05, 0) is 121 Å². The highest BCUT2D eigenvalue weighted by atomic mass is 15.1. The Bertz CT molecular complexity index is 2180. The molecular formula is C51H45N. The maximum absolute atomic E-state index is 2.37. The lowest BCUT2D eigenvalue weighted by Crippen LogP contribution is -2.09. The Morgan fingerprint density at radius 1 is 0.385 bits per heavy atom. The van der Waals surface area contributed by atoms with E-state index in [1.165, 1.54) is 61.2 Å². The second-order valence-electron chi connectivity index (χ2n) is 13.8. The molecule has 0 amide bonds. The molecule has 1 heteroatoms. The van der Waals surface area contributed by atoms with Crippen LogP contribution in [0.2, 0.25) is 0 Å². The summed E-state index contributed by atoms with van der Waals surface area (Å²) in [5.74, 6) is 0. The molecule has 0 fully saturated rings. The number of anilines is 3. The summed E-state index contributed by atoms with van der Waals surface area (Å²) in [5, 5.41) is 0. The van der Waals surface area contributed by atoms with Crippen molar-refractivity contribution in [3.63, 3.8) is 0 Å². The molecule has 254 valence electrons. The first-order chi connectivity index (χ1) is 25.4. The van der Waals surface area contributed by atoms with Gasteiger partial charge in [0.2, 0.25) is 0 Å². The molecule has 52 heavy (non-hydrogen) atoms. The number of benzene rings is 7. The number of rotatable bonds is 10. The lowest BCUT2D eigenvalue weighted by atomic mass is 9.94. The Labute approximate surface area is 309 Å². The fourth-order valence-electron chi connectivity index (χ4n) is 6.58. The van der Waals surface area contributed by atoms with Crippen molar-refractivity contribution in [2.45, 2.75) is 34.1 Å². The first-order valence-corrected chi connectivity index (χ1v) is 18.1. The van der Waals surface area contributed by atoms with Crippen molar-refractivity contribution in [3.8, 4) is 0 Å². The lowest BCUT2D eigenvalue weighted by molar-refractivity contribution is 1.24. The van der Waals surface area contributed by atoms with Crippen LogP contribution in [0.3, 0.4) is 0 Å². The molecule has 0 N–H and O–H groups in total. The number of hydrogen-bond acceptors (Lipinski definition) is 1. The zero-order chi connectivity index (χ0) is 35.9. The predicted octanol–water partition coefficient (Wildman–Crippen LogP) is 13.7. The van der Waals surface area contributed by atoms with E-state index in [2.05, 4.69) is 221 Å². The third-order valence-corrected chi connectivity index (χ3v) is 9.66. The molecule has 7 aromatic rings. The van der Waals surface area contributed by atoms with E-state index in [-0.39, 0.29) is 0 Å². The SMILES string of the molecule is Cc1ccc(C(=CCc2ccc(N(c3ccccc3)c3ccc(C=C(c4ccc(C)cc4)c4ccc(C)cc4)cc3)cc2)c2ccc(C)cc2)cc1. The van der Waals surface area contributed by atoms with Gasteiger partial charge in [-0.1, -0.05) is 168 Å². The van der Waals surface area contributed by atoms with E-state index in [0.29, 0.717) is 0 Å². The Kier molecular flexibility index (Phi) is 10.4. The summed E-state index contributed by atoms with van der Waals surface area (Å²) in [6.07, 6.45) is 5.51. The van der Waals surface area contributed by atoms with Gasteiger partial charge in [0.1, 0.15) is 0 Å². The average Bonchev–Trinajstić information content (AvgIpc) is 3.18. The second kappa shape index (κ2) is 15.8. The van der Waals surface area contributed by atoms with Gasteiger partial charge in [-0.25, -0.2) is 0 Å². The molecule has 0 aliphatic rings. The molecule has 0 radical (unpaired) electrons. The minimum Gasteiger partial charge on any atom is -0.311 e. The van der Waals surface area contributed by atoms with Crippen LogP contribution in [-0.2, 0) is 6.42 Å². The number of aryl methyl sites for hydroxylation is 4. The monoisotopic (exact) mass is 671 g/mol. The van der Waals surface area contributed by atoms with Crippen LogP contribution in [-0.4, -0.2) is 0 Å². The van der Waals surface area contributed by atoms with Crippen LogP contribution in [0.1, 0.15) is 55.6 Å². The molecule has 0 saturated carbocycles. The molecule has 0 aliphatic carbocycles. The largest absolute Gasteiger partial charge is 0.311 e. The highest BCUT2D eigenvalue weighted by molar-refractivity contribution is 5.92. The van der Waals surface area contributed by atoms with Crippen molar-refractivity contribution in [2.24, 2.45) is 0 Å². The van der Waals surface area contributed by atoms with Crippen LogP contribution in [0, 0.1) is 27.7 Å². The molecule has 0 unspecified atom stereocenters. The normalized spacial score (nSPS) is 10.8. The van der Waals surface area contributed by atoms with Gasteiger partial charge in [-0.3, -0.25) is 0 Å².